The summed E-state index contributed by atoms with van der Waals surface area (Å²) in [5, 5.41) is 2.57. The largest absolute Gasteiger partial charge is 0.325 e. The zero-order valence-electron chi connectivity index (χ0n) is 10.6. The average molecular weight is 267 g/mol. The van der Waals surface area contributed by atoms with E-state index >= 15 is 0 Å². The van der Waals surface area contributed by atoms with Gasteiger partial charge in [0.1, 0.15) is 5.75 Å². The number of hydrogen-bond acceptors (Lipinski definition) is 3. The smallest absolute Gasteiger partial charge is 0.239 e. The molecule has 5 heteroatoms. The van der Waals surface area contributed by atoms with Crippen LogP contribution in [-0.4, -0.2) is 25.8 Å². The van der Waals surface area contributed by atoms with Crippen molar-refractivity contribution >= 4 is 21.4 Å². The number of anilines is 1. The fourth-order valence-electron chi connectivity index (χ4n) is 1.45. The van der Waals surface area contributed by atoms with Gasteiger partial charge in [-0.25, -0.2) is 8.42 Å². The van der Waals surface area contributed by atoms with Crippen LogP contribution in [-0.2, 0) is 14.6 Å². The predicted molar refractivity (Wildman–Crippen MR) is 73.4 cm³/mol. The lowest BCUT2D eigenvalue weighted by molar-refractivity contribution is -0.113. The van der Waals surface area contributed by atoms with Gasteiger partial charge in [0.2, 0.25) is 5.91 Å². The van der Waals surface area contributed by atoms with E-state index in [0.29, 0.717) is 5.69 Å². The molecule has 0 bridgehead atoms. The first-order valence-electron chi connectivity index (χ1n) is 5.52. The van der Waals surface area contributed by atoms with E-state index in [9.17, 15) is 13.2 Å². The maximum absolute atomic E-state index is 11.6. The van der Waals surface area contributed by atoms with Crippen molar-refractivity contribution in [3.8, 4) is 0 Å². The number of sulfone groups is 1. The molecular weight excluding hydrogens is 250 g/mol. The molecule has 0 saturated heterocycles. The molecule has 0 aliphatic heterocycles. The van der Waals surface area contributed by atoms with Crippen LogP contribution in [0, 0.1) is 13.8 Å². The minimum absolute atomic E-state index is 0.187. The molecule has 0 unspecified atom stereocenters. The summed E-state index contributed by atoms with van der Waals surface area (Å²) in [6.07, 6.45) is 1.28. The number of carbonyl (C=O) groups is 1. The Labute approximate surface area is 108 Å². The molecule has 4 nitrogen and oxygen atoms in total. The van der Waals surface area contributed by atoms with Crippen LogP contribution >= 0.6 is 0 Å². The molecule has 0 aromatic heterocycles. The summed E-state index contributed by atoms with van der Waals surface area (Å²) in [5.74, 6) is -1.24. The Bertz CT molecular complexity index is 562. The quantitative estimate of drug-likeness (QED) is 0.828. The van der Waals surface area contributed by atoms with Crippen molar-refractivity contribution in [2.24, 2.45) is 0 Å². The Morgan fingerprint density at radius 2 is 2.00 bits per heavy atom. The maximum Gasteiger partial charge on any atom is 0.239 e. The first-order chi connectivity index (χ1) is 8.34. The van der Waals surface area contributed by atoms with Gasteiger partial charge in [-0.2, -0.15) is 0 Å². The van der Waals surface area contributed by atoms with Crippen molar-refractivity contribution in [1.29, 1.82) is 0 Å². The van der Waals surface area contributed by atoms with E-state index in [4.69, 9.17) is 0 Å². The van der Waals surface area contributed by atoms with E-state index in [1.165, 1.54) is 6.08 Å². The van der Waals surface area contributed by atoms with Crippen LogP contribution in [0.25, 0.3) is 0 Å². The van der Waals surface area contributed by atoms with Crippen LogP contribution in [0.3, 0.4) is 0 Å². The number of aryl methyl sites for hydroxylation is 2. The number of hydrogen-bond donors (Lipinski definition) is 1. The van der Waals surface area contributed by atoms with Crippen molar-refractivity contribution in [1.82, 2.24) is 0 Å². The molecule has 1 N–H and O–H groups in total. The van der Waals surface area contributed by atoms with Crippen molar-refractivity contribution in [3.63, 3.8) is 0 Å². The van der Waals surface area contributed by atoms with Gasteiger partial charge in [-0.05, 0) is 37.1 Å². The fourth-order valence-corrected chi connectivity index (χ4v) is 2.40. The van der Waals surface area contributed by atoms with Gasteiger partial charge >= 0.3 is 0 Å². The second kappa shape index (κ2) is 5.82. The molecule has 98 valence electrons. The fraction of sp³-hybridized carbons (Fsp3) is 0.308. The van der Waals surface area contributed by atoms with Crippen LogP contribution in [0.4, 0.5) is 5.69 Å². The summed E-state index contributed by atoms with van der Waals surface area (Å²) in [4.78, 5) is 11.6. The first kappa shape index (κ1) is 14.4. The lowest BCUT2D eigenvalue weighted by atomic mass is 10.1. The minimum atomic E-state index is -3.40. The monoisotopic (exact) mass is 267 g/mol. The zero-order chi connectivity index (χ0) is 13.8. The molecule has 0 saturated carbocycles. The molecule has 1 aromatic rings. The number of amides is 1. The number of rotatable bonds is 5. The number of carbonyl (C=O) groups excluding carboxylic acids is 1. The van der Waals surface area contributed by atoms with Crippen LogP contribution in [0.2, 0.25) is 0 Å². The van der Waals surface area contributed by atoms with Crippen molar-refractivity contribution < 1.29 is 13.2 Å². The molecule has 1 aromatic carbocycles. The Morgan fingerprint density at radius 3 is 2.56 bits per heavy atom. The molecule has 0 radical (unpaired) electrons. The summed E-state index contributed by atoms with van der Waals surface area (Å²) in [6, 6.07) is 5.44. The van der Waals surface area contributed by atoms with Gasteiger partial charge in [0.15, 0.2) is 9.84 Å². The highest BCUT2D eigenvalue weighted by Crippen LogP contribution is 2.14. The number of nitrogens with one attached hydrogen (secondary N) is 1. The molecule has 0 aliphatic rings. The SMILES string of the molecule is C=CCS(=O)(=O)CC(=O)Nc1ccc(C)c(C)c1. The van der Waals surface area contributed by atoms with E-state index in [2.05, 4.69) is 11.9 Å². The van der Waals surface area contributed by atoms with E-state index in [0.717, 1.165) is 11.1 Å². The lowest BCUT2D eigenvalue weighted by Gasteiger charge is -2.07. The van der Waals surface area contributed by atoms with Crippen molar-refractivity contribution in [3.05, 3.63) is 42.0 Å². The van der Waals surface area contributed by atoms with Gasteiger partial charge in [-0.1, -0.05) is 12.1 Å². The topological polar surface area (TPSA) is 63.2 Å². The van der Waals surface area contributed by atoms with E-state index in [1.54, 1.807) is 6.07 Å². The lowest BCUT2D eigenvalue weighted by Crippen LogP contribution is -2.24. The summed E-state index contributed by atoms with van der Waals surface area (Å²) in [5.41, 5.74) is 2.77. The average Bonchev–Trinajstić information content (AvgIpc) is 2.22. The standard InChI is InChI=1S/C13H17NO3S/c1-4-7-18(16,17)9-13(15)14-12-6-5-10(2)11(3)8-12/h4-6,8H,1,7,9H2,2-3H3,(H,14,15). The Morgan fingerprint density at radius 1 is 1.33 bits per heavy atom. The molecule has 1 amide bonds. The number of benzene rings is 1. The highest BCUT2D eigenvalue weighted by Gasteiger charge is 2.15. The second-order valence-corrected chi connectivity index (χ2v) is 6.30. The highest BCUT2D eigenvalue weighted by atomic mass is 32.2. The summed E-state index contributed by atoms with van der Waals surface area (Å²) in [6.45, 7) is 7.25. The zero-order valence-corrected chi connectivity index (χ0v) is 11.4. The Kier molecular flexibility index (Phi) is 4.67. The molecular formula is C13H17NO3S. The molecule has 0 aliphatic carbocycles. The van der Waals surface area contributed by atoms with Crippen molar-refractivity contribution in [2.75, 3.05) is 16.8 Å². The third-order valence-corrected chi connectivity index (χ3v) is 3.96. The molecule has 18 heavy (non-hydrogen) atoms. The predicted octanol–water partition coefficient (Wildman–Crippen LogP) is 1.84. The van der Waals surface area contributed by atoms with Gasteiger partial charge in [0, 0.05) is 5.69 Å². The summed E-state index contributed by atoms with van der Waals surface area (Å²) in [7, 11) is -3.40. The van der Waals surface area contributed by atoms with Gasteiger partial charge in [-0.15, -0.1) is 6.58 Å². The first-order valence-corrected chi connectivity index (χ1v) is 7.34. The molecule has 0 spiro atoms. The van der Waals surface area contributed by atoms with E-state index < -0.39 is 21.5 Å². The van der Waals surface area contributed by atoms with Gasteiger partial charge in [-0.3, -0.25) is 4.79 Å². The molecule has 0 atom stereocenters. The minimum Gasteiger partial charge on any atom is -0.325 e. The van der Waals surface area contributed by atoms with Crippen LogP contribution < -0.4 is 5.32 Å². The van der Waals surface area contributed by atoms with Crippen LogP contribution in [0.15, 0.2) is 30.9 Å². The van der Waals surface area contributed by atoms with Crippen molar-refractivity contribution in [2.45, 2.75) is 13.8 Å². The van der Waals surface area contributed by atoms with Gasteiger partial charge < -0.3 is 5.32 Å². The molecule has 1 rings (SSSR count). The highest BCUT2D eigenvalue weighted by molar-refractivity contribution is 7.92. The normalized spacial score (nSPS) is 11.0. The van der Waals surface area contributed by atoms with Crippen LogP contribution in [0.1, 0.15) is 11.1 Å². The maximum atomic E-state index is 11.6. The molecule has 0 heterocycles. The van der Waals surface area contributed by atoms with Crippen LogP contribution in [0.5, 0.6) is 0 Å². The second-order valence-electron chi connectivity index (χ2n) is 4.19. The van der Waals surface area contributed by atoms with E-state index in [1.807, 2.05) is 26.0 Å². The van der Waals surface area contributed by atoms with Gasteiger partial charge in [0.05, 0.1) is 5.75 Å². The van der Waals surface area contributed by atoms with E-state index in [-0.39, 0.29) is 5.75 Å². The third kappa shape index (κ3) is 4.33. The Hall–Kier alpha value is -1.62. The Balaban J connectivity index is 2.70. The van der Waals surface area contributed by atoms with Gasteiger partial charge in [0.25, 0.3) is 0 Å². The molecule has 0 fully saturated rings. The summed E-state index contributed by atoms with van der Waals surface area (Å²) >= 11 is 0. The third-order valence-electron chi connectivity index (χ3n) is 2.51. The summed E-state index contributed by atoms with van der Waals surface area (Å²) < 4.78 is 22.8.